The van der Waals surface area contributed by atoms with Crippen molar-refractivity contribution in [2.45, 2.75) is 19.8 Å². The van der Waals surface area contributed by atoms with E-state index < -0.39 is 4.92 Å². The van der Waals surface area contributed by atoms with E-state index in [0.29, 0.717) is 17.3 Å². The Hall–Kier alpha value is -2.70. The van der Waals surface area contributed by atoms with E-state index in [4.69, 9.17) is 4.52 Å². The van der Waals surface area contributed by atoms with Crippen LogP contribution in [0.25, 0.3) is 12.2 Å². The van der Waals surface area contributed by atoms with Crippen LogP contribution < -0.4 is 0 Å². The Labute approximate surface area is 114 Å². The second-order valence-electron chi connectivity index (χ2n) is 4.14. The fourth-order valence-corrected chi connectivity index (χ4v) is 1.62. The molecule has 0 saturated carbocycles. The highest BCUT2D eigenvalue weighted by Gasteiger charge is 2.12. The molecule has 0 atom stereocenters. The lowest BCUT2D eigenvalue weighted by Gasteiger charge is -1.97. The Kier molecular flexibility index (Phi) is 4.09. The Morgan fingerprint density at radius 1 is 1.45 bits per heavy atom. The molecule has 0 aliphatic rings. The molecule has 0 fully saturated rings. The number of rotatable bonds is 5. The molecule has 1 aromatic heterocycles. The summed E-state index contributed by atoms with van der Waals surface area (Å²) in [6.07, 6.45) is 4.84. The van der Waals surface area contributed by atoms with Crippen LogP contribution in [0.15, 0.2) is 22.7 Å². The Balaban J connectivity index is 2.18. The highest BCUT2D eigenvalue weighted by molar-refractivity contribution is 5.68. The van der Waals surface area contributed by atoms with Crippen LogP contribution in [0.4, 0.5) is 5.69 Å². The van der Waals surface area contributed by atoms with Gasteiger partial charge in [0.2, 0.25) is 0 Å². The highest BCUT2D eigenvalue weighted by atomic mass is 16.6. The number of aromatic nitrogens is 2. The normalized spacial score (nSPS) is 11.1. The van der Waals surface area contributed by atoms with E-state index in [1.165, 1.54) is 12.1 Å². The number of aryl methyl sites for hydroxylation is 1. The maximum absolute atomic E-state index is 10.7. The van der Waals surface area contributed by atoms with Gasteiger partial charge in [0.15, 0.2) is 11.6 Å². The first-order valence-electron chi connectivity index (χ1n) is 6.08. The van der Waals surface area contributed by atoms with Gasteiger partial charge in [-0.2, -0.15) is 4.98 Å². The van der Waals surface area contributed by atoms with Gasteiger partial charge in [0, 0.05) is 18.6 Å². The van der Waals surface area contributed by atoms with E-state index in [2.05, 4.69) is 10.1 Å². The van der Waals surface area contributed by atoms with Crippen LogP contribution in [0.3, 0.4) is 0 Å². The summed E-state index contributed by atoms with van der Waals surface area (Å²) in [7, 11) is 0. The van der Waals surface area contributed by atoms with Gasteiger partial charge in [-0.1, -0.05) is 18.1 Å². The molecule has 0 saturated heterocycles. The summed E-state index contributed by atoms with van der Waals surface area (Å²) >= 11 is 0. The molecule has 2 aromatic rings. The molecule has 1 N–H and O–H groups in total. The zero-order valence-electron chi connectivity index (χ0n) is 10.8. The second-order valence-corrected chi connectivity index (χ2v) is 4.14. The van der Waals surface area contributed by atoms with Gasteiger partial charge < -0.3 is 9.63 Å². The average molecular weight is 275 g/mol. The van der Waals surface area contributed by atoms with Gasteiger partial charge in [-0.05, 0) is 24.1 Å². The molecule has 1 aromatic carbocycles. The summed E-state index contributed by atoms with van der Waals surface area (Å²) in [4.78, 5) is 14.2. The molecule has 7 heteroatoms. The van der Waals surface area contributed by atoms with Crippen LogP contribution in [0.2, 0.25) is 0 Å². The lowest BCUT2D eigenvalue weighted by molar-refractivity contribution is -0.385. The van der Waals surface area contributed by atoms with E-state index >= 15 is 0 Å². The predicted octanol–water partition coefficient (Wildman–Crippen LogP) is 2.81. The van der Waals surface area contributed by atoms with Gasteiger partial charge in [-0.15, -0.1) is 0 Å². The summed E-state index contributed by atoms with van der Waals surface area (Å²) in [5.74, 6) is 0.600. The van der Waals surface area contributed by atoms with Crippen molar-refractivity contribution in [3.63, 3.8) is 0 Å². The van der Waals surface area contributed by atoms with Crippen molar-refractivity contribution < 1.29 is 14.6 Å². The molecule has 104 valence electrons. The SMILES string of the molecule is CCCc1noc(/C=C/c2ccc(O)c([N+](=O)[O-])c2)n1. The number of nitro benzene ring substituents is 1. The van der Waals surface area contributed by atoms with Gasteiger partial charge in [0.25, 0.3) is 5.89 Å². The summed E-state index contributed by atoms with van der Waals surface area (Å²) in [6, 6.07) is 4.10. The van der Waals surface area contributed by atoms with Crippen molar-refractivity contribution >= 4 is 17.8 Å². The zero-order valence-corrected chi connectivity index (χ0v) is 10.8. The molecule has 7 nitrogen and oxygen atoms in total. The largest absolute Gasteiger partial charge is 0.502 e. The maximum Gasteiger partial charge on any atom is 0.311 e. The van der Waals surface area contributed by atoms with E-state index in [-0.39, 0.29) is 11.4 Å². The van der Waals surface area contributed by atoms with Crippen LogP contribution >= 0.6 is 0 Å². The number of nitro groups is 1. The van der Waals surface area contributed by atoms with Crippen LogP contribution in [-0.2, 0) is 6.42 Å². The maximum atomic E-state index is 10.7. The minimum Gasteiger partial charge on any atom is -0.502 e. The quantitative estimate of drug-likeness (QED) is 0.664. The molecule has 2 rings (SSSR count). The molecular weight excluding hydrogens is 262 g/mol. The number of aromatic hydroxyl groups is 1. The van der Waals surface area contributed by atoms with Crippen molar-refractivity contribution in [2.75, 3.05) is 0 Å². The molecule has 0 spiro atoms. The van der Waals surface area contributed by atoms with Gasteiger partial charge in [0.1, 0.15) is 0 Å². The fourth-order valence-electron chi connectivity index (χ4n) is 1.62. The highest BCUT2D eigenvalue weighted by Crippen LogP contribution is 2.26. The van der Waals surface area contributed by atoms with E-state index in [1.54, 1.807) is 18.2 Å². The first-order valence-corrected chi connectivity index (χ1v) is 6.08. The monoisotopic (exact) mass is 275 g/mol. The van der Waals surface area contributed by atoms with Gasteiger partial charge >= 0.3 is 5.69 Å². The molecule has 20 heavy (non-hydrogen) atoms. The van der Waals surface area contributed by atoms with Crippen LogP contribution in [0.1, 0.15) is 30.6 Å². The summed E-state index contributed by atoms with van der Waals surface area (Å²) in [5.41, 5.74) is 0.217. The number of phenols is 1. The third-order valence-corrected chi connectivity index (χ3v) is 2.57. The summed E-state index contributed by atoms with van der Waals surface area (Å²) < 4.78 is 5.01. The predicted molar refractivity (Wildman–Crippen MR) is 72.0 cm³/mol. The number of benzene rings is 1. The molecule has 0 unspecified atom stereocenters. The van der Waals surface area contributed by atoms with E-state index in [9.17, 15) is 15.2 Å². The zero-order chi connectivity index (χ0) is 14.5. The molecule has 0 amide bonds. The van der Waals surface area contributed by atoms with Crippen molar-refractivity contribution in [3.8, 4) is 5.75 Å². The third-order valence-electron chi connectivity index (χ3n) is 2.57. The lowest BCUT2D eigenvalue weighted by Crippen LogP contribution is -1.89. The molecule has 1 heterocycles. The second kappa shape index (κ2) is 5.96. The minimum absolute atomic E-state index is 0.337. The van der Waals surface area contributed by atoms with Crippen molar-refractivity contribution in [2.24, 2.45) is 0 Å². The molecule has 0 bridgehead atoms. The first kappa shape index (κ1) is 13.7. The third kappa shape index (κ3) is 3.19. The topological polar surface area (TPSA) is 102 Å². The van der Waals surface area contributed by atoms with Crippen LogP contribution in [0, 0.1) is 10.1 Å². The number of hydrogen-bond acceptors (Lipinski definition) is 6. The number of hydrogen-bond donors (Lipinski definition) is 1. The molecular formula is C13H13N3O4. The number of phenolic OH excluding ortho intramolecular Hbond substituents is 1. The standard InChI is InChI=1S/C13H13N3O4/c1-2-3-12-14-13(20-15-12)7-5-9-4-6-11(17)10(8-9)16(18)19/h4-8,17H,2-3H2,1H3/b7-5+. The molecule has 0 aliphatic carbocycles. The van der Waals surface area contributed by atoms with Crippen molar-refractivity contribution in [1.29, 1.82) is 0 Å². The van der Waals surface area contributed by atoms with Crippen molar-refractivity contribution in [1.82, 2.24) is 10.1 Å². The molecule has 0 aliphatic heterocycles. The minimum atomic E-state index is -0.640. The van der Waals surface area contributed by atoms with E-state index in [1.807, 2.05) is 6.92 Å². The first-order chi connectivity index (χ1) is 9.60. The van der Waals surface area contributed by atoms with E-state index in [0.717, 1.165) is 12.8 Å². The summed E-state index contributed by atoms with van der Waals surface area (Å²) in [6.45, 7) is 2.02. The Morgan fingerprint density at radius 3 is 2.95 bits per heavy atom. The smallest absolute Gasteiger partial charge is 0.311 e. The lowest BCUT2D eigenvalue weighted by atomic mass is 10.2. The van der Waals surface area contributed by atoms with Crippen LogP contribution in [0.5, 0.6) is 5.75 Å². The van der Waals surface area contributed by atoms with Gasteiger partial charge in [0.05, 0.1) is 4.92 Å². The van der Waals surface area contributed by atoms with Crippen molar-refractivity contribution in [3.05, 3.63) is 45.6 Å². The fraction of sp³-hybridized carbons (Fsp3) is 0.231. The van der Waals surface area contributed by atoms with Gasteiger partial charge in [-0.3, -0.25) is 10.1 Å². The Morgan fingerprint density at radius 2 is 2.25 bits per heavy atom. The summed E-state index contributed by atoms with van der Waals surface area (Å²) in [5, 5.41) is 23.8. The Bertz CT molecular complexity index is 649. The van der Waals surface area contributed by atoms with Gasteiger partial charge in [-0.25, -0.2) is 0 Å². The van der Waals surface area contributed by atoms with Crippen LogP contribution in [-0.4, -0.2) is 20.2 Å². The average Bonchev–Trinajstić information content (AvgIpc) is 2.86. The molecule has 0 radical (unpaired) electrons. The number of nitrogens with zero attached hydrogens (tertiary/aromatic N) is 3.